The highest BCUT2D eigenvalue weighted by molar-refractivity contribution is 5.76. The molecule has 0 radical (unpaired) electrons. The van der Waals surface area contributed by atoms with E-state index in [0.717, 1.165) is 50.7 Å². The molecule has 1 aliphatic heterocycles. The molecule has 0 aromatic carbocycles. The van der Waals surface area contributed by atoms with Crippen molar-refractivity contribution in [2.75, 3.05) is 19.6 Å². The summed E-state index contributed by atoms with van der Waals surface area (Å²) in [6, 6.07) is 0. The molecule has 3 nitrogen and oxygen atoms in total. The maximum Gasteiger partial charge on any atom is 0.310 e. The molecule has 1 aliphatic carbocycles. The lowest BCUT2D eigenvalue weighted by Crippen LogP contribution is -2.56. The Kier molecular flexibility index (Phi) is 2.75. The maximum absolute atomic E-state index is 11.2. The molecule has 2 rings (SSSR count). The molecule has 1 N–H and O–H groups in total. The standard InChI is InChI=1S/C12H21NO2/c1-9(2)10-6-13(7-10)8-12(11(14)15)4-3-5-12/h9-10H,3-8H2,1-2H3,(H,14,15). The summed E-state index contributed by atoms with van der Waals surface area (Å²) >= 11 is 0. The van der Waals surface area contributed by atoms with Gasteiger partial charge < -0.3 is 10.0 Å². The first-order valence-corrected chi connectivity index (χ1v) is 5.99. The lowest BCUT2D eigenvalue weighted by Gasteiger charge is -2.48. The van der Waals surface area contributed by atoms with Crippen LogP contribution in [0.5, 0.6) is 0 Å². The van der Waals surface area contributed by atoms with E-state index < -0.39 is 5.97 Å². The van der Waals surface area contributed by atoms with E-state index in [1.54, 1.807) is 0 Å². The highest BCUT2D eigenvalue weighted by Crippen LogP contribution is 2.43. The van der Waals surface area contributed by atoms with Crippen LogP contribution in [0.25, 0.3) is 0 Å². The number of carboxylic acids is 1. The number of likely N-dealkylation sites (tertiary alicyclic amines) is 1. The zero-order valence-electron chi connectivity index (χ0n) is 9.70. The van der Waals surface area contributed by atoms with Crippen LogP contribution in [0.15, 0.2) is 0 Å². The third-order valence-corrected chi connectivity index (χ3v) is 4.22. The van der Waals surface area contributed by atoms with Gasteiger partial charge in [-0.15, -0.1) is 0 Å². The molecule has 0 unspecified atom stereocenters. The van der Waals surface area contributed by atoms with Gasteiger partial charge in [0.25, 0.3) is 0 Å². The minimum atomic E-state index is -0.582. The Balaban J connectivity index is 1.81. The van der Waals surface area contributed by atoms with E-state index in [1.165, 1.54) is 0 Å². The van der Waals surface area contributed by atoms with Crippen molar-refractivity contribution in [3.05, 3.63) is 0 Å². The number of carboxylic acid groups (broad SMARTS) is 1. The molecule has 0 bridgehead atoms. The van der Waals surface area contributed by atoms with E-state index >= 15 is 0 Å². The van der Waals surface area contributed by atoms with Gasteiger partial charge in [-0.25, -0.2) is 0 Å². The first-order chi connectivity index (χ1) is 7.03. The van der Waals surface area contributed by atoms with E-state index in [9.17, 15) is 9.90 Å². The molecule has 1 saturated heterocycles. The zero-order valence-corrected chi connectivity index (χ0v) is 9.70. The number of rotatable bonds is 4. The van der Waals surface area contributed by atoms with E-state index in [1.807, 2.05) is 0 Å². The summed E-state index contributed by atoms with van der Waals surface area (Å²) in [5.74, 6) is 0.945. The molecule has 0 amide bonds. The average molecular weight is 211 g/mol. The minimum Gasteiger partial charge on any atom is -0.481 e. The van der Waals surface area contributed by atoms with E-state index in [0.29, 0.717) is 0 Å². The lowest BCUT2D eigenvalue weighted by atomic mass is 9.67. The van der Waals surface area contributed by atoms with Gasteiger partial charge in [0, 0.05) is 19.6 Å². The molecule has 1 saturated carbocycles. The van der Waals surface area contributed by atoms with Crippen molar-refractivity contribution in [3.8, 4) is 0 Å². The van der Waals surface area contributed by atoms with Crippen LogP contribution in [0.4, 0.5) is 0 Å². The summed E-state index contributed by atoms with van der Waals surface area (Å²) in [5, 5.41) is 9.20. The summed E-state index contributed by atoms with van der Waals surface area (Å²) in [7, 11) is 0. The quantitative estimate of drug-likeness (QED) is 0.771. The van der Waals surface area contributed by atoms with E-state index in [2.05, 4.69) is 18.7 Å². The minimum absolute atomic E-state index is 0.387. The van der Waals surface area contributed by atoms with Gasteiger partial charge in [0.2, 0.25) is 0 Å². The van der Waals surface area contributed by atoms with Crippen LogP contribution in [0, 0.1) is 17.3 Å². The van der Waals surface area contributed by atoms with Gasteiger partial charge in [-0.1, -0.05) is 20.3 Å². The molecule has 0 aromatic heterocycles. The lowest BCUT2D eigenvalue weighted by molar-refractivity contribution is -0.158. The van der Waals surface area contributed by atoms with Crippen LogP contribution in [0.3, 0.4) is 0 Å². The van der Waals surface area contributed by atoms with Crippen molar-refractivity contribution in [1.82, 2.24) is 4.90 Å². The Hall–Kier alpha value is -0.570. The van der Waals surface area contributed by atoms with Gasteiger partial charge in [-0.05, 0) is 24.7 Å². The number of hydrogen-bond donors (Lipinski definition) is 1. The number of nitrogens with zero attached hydrogens (tertiary/aromatic N) is 1. The summed E-state index contributed by atoms with van der Waals surface area (Å²) < 4.78 is 0. The van der Waals surface area contributed by atoms with Crippen molar-refractivity contribution in [2.45, 2.75) is 33.1 Å². The van der Waals surface area contributed by atoms with Crippen molar-refractivity contribution in [2.24, 2.45) is 17.3 Å². The predicted molar refractivity (Wildman–Crippen MR) is 58.7 cm³/mol. The SMILES string of the molecule is CC(C)C1CN(CC2(C(=O)O)CCC2)C1. The first-order valence-electron chi connectivity index (χ1n) is 5.99. The van der Waals surface area contributed by atoms with Crippen LogP contribution in [-0.4, -0.2) is 35.6 Å². The van der Waals surface area contributed by atoms with Crippen LogP contribution >= 0.6 is 0 Å². The molecule has 1 heterocycles. The van der Waals surface area contributed by atoms with Crippen LogP contribution in [0.1, 0.15) is 33.1 Å². The second kappa shape index (κ2) is 3.78. The molecule has 15 heavy (non-hydrogen) atoms. The third kappa shape index (κ3) is 1.89. The van der Waals surface area contributed by atoms with Gasteiger partial charge >= 0.3 is 5.97 Å². The second-order valence-electron chi connectivity index (χ2n) is 5.64. The normalized spacial score (nSPS) is 26.1. The van der Waals surface area contributed by atoms with E-state index in [-0.39, 0.29) is 5.41 Å². The average Bonchev–Trinajstić information content (AvgIpc) is 1.97. The molecule has 0 aromatic rings. The largest absolute Gasteiger partial charge is 0.481 e. The molecule has 0 spiro atoms. The van der Waals surface area contributed by atoms with Gasteiger partial charge in [0.1, 0.15) is 0 Å². The van der Waals surface area contributed by atoms with Crippen LogP contribution < -0.4 is 0 Å². The van der Waals surface area contributed by atoms with Gasteiger partial charge in [-0.3, -0.25) is 4.79 Å². The van der Waals surface area contributed by atoms with Crippen molar-refractivity contribution in [3.63, 3.8) is 0 Å². The Morgan fingerprint density at radius 1 is 1.47 bits per heavy atom. The topological polar surface area (TPSA) is 40.5 Å². The summed E-state index contributed by atoms with van der Waals surface area (Å²) in [4.78, 5) is 13.5. The molecular weight excluding hydrogens is 190 g/mol. The highest BCUT2D eigenvalue weighted by atomic mass is 16.4. The fourth-order valence-electron chi connectivity index (χ4n) is 2.63. The Labute approximate surface area is 91.5 Å². The number of hydrogen-bond acceptors (Lipinski definition) is 2. The molecule has 2 fully saturated rings. The number of carbonyl (C=O) groups is 1. The fraction of sp³-hybridized carbons (Fsp3) is 0.917. The zero-order chi connectivity index (χ0) is 11.1. The van der Waals surface area contributed by atoms with Crippen molar-refractivity contribution in [1.29, 1.82) is 0 Å². The highest BCUT2D eigenvalue weighted by Gasteiger charge is 2.47. The first kappa shape index (κ1) is 10.9. The van der Waals surface area contributed by atoms with E-state index in [4.69, 9.17) is 0 Å². The molecule has 2 aliphatic rings. The molecule has 3 heteroatoms. The van der Waals surface area contributed by atoms with Crippen molar-refractivity contribution < 1.29 is 9.90 Å². The Bertz CT molecular complexity index is 252. The fourth-order valence-corrected chi connectivity index (χ4v) is 2.63. The van der Waals surface area contributed by atoms with Crippen LogP contribution in [0.2, 0.25) is 0 Å². The second-order valence-corrected chi connectivity index (χ2v) is 5.64. The van der Waals surface area contributed by atoms with Crippen molar-refractivity contribution >= 4 is 5.97 Å². The molecular formula is C12H21NO2. The summed E-state index contributed by atoms with van der Waals surface area (Å²) in [5.41, 5.74) is -0.387. The Morgan fingerprint density at radius 3 is 2.40 bits per heavy atom. The van der Waals surface area contributed by atoms with Gasteiger partial charge in [0.15, 0.2) is 0 Å². The van der Waals surface area contributed by atoms with Gasteiger partial charge in [-0.2, -0.15) is 0 Å². The monoisotopic (exact) mass is 211 g/mol. The molecule has 86 valence electrons. The summed E-state index contributed by atoms with van der Waals surface area (Å²) in [6.07, 6.45) is 2.85. The molecule has 0 atom stereocenters. The van der Waals surface area contributed by atoms with Gasteiger partial charge in [0.05, 0.1) is 5.41 Å². The Morgan fingerprint density at radius 2 is 2.07 bits per heavy atom. The maximum atomic E-state index is 11.2. The summed E-state index contributed by atoms with van der Waals surface area (Å²) in [6.45, 7) is 7.49. The predicted octanol–water partition coefficient (Wildman–Crippen LogP) is 1.83. The number of aliphatic carboxylic acids is 1. The van der Waals surface area contributed by atoms with Crippen LogP contribution in [-0.2, 0) is 4.79 Å². The smallest absolute Gasteiger partial charge is 0.310 e. The third-order valence-electron chi connectivity index (χ3n) is 4.22.